The Morgan fingerprint density at radius 3 is 2.33 bits per heavy atom. The van der Waals surface area contributed by atoms with Crippen LogP contribution < -0.4 is 15.8 Å². The van der Waals surface area contributed by atoms with E-state index in [0.717, 1.165) is 29.8 Å². The van der Waals surface area contributed by atoms with E-state index in [9.17, 15) is 22.7 Å². The first-order chi connectivity index (χ1) is 12.8. The van der Waals surface area contributed by atoms with E-state index in [1.807, 2.05) is 30.3 Å². The molecule has 0 heterocycles. The van der Waals surface area contributed by atoms with Crippen LogP contribution in [0.25, 0.3) is 0 Å². The standard InChI is InChI=1S/C18H22FN3O4S/c19-14-6-8-15(9-7-14)27(25,26)22-11-10-21-18(24)17(23)16(20)12-13-4-2-1-3-5-13/h1-9,16-17,22-23H,10-12,20H2,(H,21,24)/t16-,17+/m0/s1. The zero-order valence-corrected chi connectivity index (χ0v) is 15.3. The predicted molar refractivity (Wildman–Crippen MR) is 98.7 cm³/mol. The smallest absolute Gasteiger partial charge is 0.250 e. The van der Waals surface area contributed by atoms with Gasteiger partial charge in [0.2, 0.25) is 10.0 Å². The lowest BCUT2D eigenvalue weighted by Crippen LogP contribution is -2.48. The van der Waals surface area contributed by atoms with Crippen LogP contribution >= 0.6 is 0 Å². The molecule has 2 aromatic rings. The number of hydrogen-bond acceptors (Lipinski definition) is 5. The first-order valence-corrected chi connectivity index (χ1v) is 9.78. The summed E-state index contributed by atoms with van der Waals surface area (Å²) in [5.41, 5.74) is 6.75. The van der Waals surface area contributed by atoms with Crippen molar-refractivity contribution < 1.29 is 22.7 Å². The molecular formula is C18H22FN3O4S. The number of aliphatic hydroxyl groups excluding tert-OH is 1. The van der Waals surface area contributed by atoms with E-state index in [0.29, 0.717) is 6.42 Å². The molecule has 146 valence electrons. The third-order valence-corrected chi connectivity index (χ3v) is 5.31. The van der Waals surface area contributed by atoms with E-state index < -0.39 is 33.9 Å². The summed E-state index contributed by atoms with van der Waals surface area (Å²) in [6.45, 7) is -0.125. The molecule has 0 unspecified atom stereocenters. The minimum atomic E-state index is -3.81. The lowest BCUT2D eigenvalue weighted by atomic mass is 10.0. The van der Waals surface area contributed by atoms with Gasteiger partial charge in [-0.3, -0.25) is 4.79 Å². The Morgan fingerprint density at radius 1 is 1.07 bits per heavy atom. The maximum absolute atomic E-state index is 12.9. The Bertz CT molecular complexity index is 845. The molecule has 1 amide bonds. The number of aliphatic hydroxyl groups is 1. The van der Waals surface area contributed by atoms with Gasteiger partial charge in [-0.1, -0.05) is 30.3 Å². The second kappa shape index (κ2) is 9.56. The summed E-state index contributed by atoms with van der Waals surface area (Å²) in [7, 11) is -3.81. The van der Waals surface area contributed by atoms with Crippen molar-refractivity contribution in [3.63, 3.8) is 0 Å². The summed E-state index contributed by atoms with van der Waals surface area (Å²) in [6.07, 6.45) is -1.09. The lowest BCUT2D eigenvalue weighted by molar-refractivity contribution is -0.130. The normalized spacial score (nSPS) is 13.7. The number of halogens is 1. The van der Waals surface area contributed by atoms with Crippen molar-refractivity contribution in [3.8, 4) is 0 Å². The summed E-state index contributed by atoms with van der Waals surface area (Å²) in [4.78, 5) is 11.9. The van der Waals surface area contributed by atoms with E-state index in [4.69, 9.17) is 5.73 Å². The van der Waals surface area contributed by atoms with Gasteiger partial charge in [0, 0.05) is 19.1 Å². The van der Waals surface area contributed by atoms with Crippen LogP contribution in [-0.4, -0.2) is 44.7 Å². The van der Waals surface area contributed by atoms with Crippen molar-refractivity contribution in [2.24, 2.45) is 5.73 Å². The molecule has 0 fully saturated rings. The molecule has 2 atom stereocenters. The molecule has 0 bridgehead atoms. The average molecular weight is 395 g/mol. The van der Waals surface area contributed by atoms with E-state index in [2.05, 4.69) is 10.0 Å². The Balaban J connectivity index is 1.77. The van der Waals surface area contributed by atoms with Gasteiger partial charge in [-0.05, 0) is 36.2 Å². The molecule has 0 aliphatic carbocycles. The number of carbonyl (C=O) groups is 1. The summed E-state index contributed by atoms with van der Waals surface area (Å²) < 4.78 is 39.2. The number of amides is 1. The molecule has 2 aromatic carbocycles. The number of nitrogens with one attached hydrogen (secondary N) is 2. The molecule has 0 aromatic heterocycles. The van der Waals surface area contributed by atoms with Crippen molar-refractivity contribution in [1.82, 2.24) is 10.0 Å². The zero-order valence-electron chi connectivity index (χ0n) is 14.5. The Labute approximate surface area is 157 Å². The van der Waals surface area contributed by atoms with Gasteiger partial charge in [0.15, 0.2) is 0 Å². The van der Waals surface area contributed by atoms with Gasteiger partial charge in [-0.25, -0.2) is 17.5 Å². The largest absolute Gasteiger partial charge is 0.382 e. The second-order valence-corrected chi connectivity index (χ2v) is 7.71. The summed E-state index contributed by atoms with van der Waals surface area (Å²) in [5.74, 6) is -1.22. The predicted octanol–water partition coefficient (Wildman–Crippen LogP) is 0.151. The Morgan fingerprint density at radius 2 is 1.70 bits per heavy atom. The van der Waals surface area contributed by atoms with Crippen molar-refractivity contribution >= 4 is 15.9 Å². The van der Waals surface area contributed by atoms with E-state index in [1.165, 1.54) is 0 Å². The molecular weight excluding hydrogens is 373 g/mol. The first-order valence-electron chi connectivity index (χ1n) is 8.30. The van der Waals surface area contributed by atoms with Gasteiger partial charge in [-0.2, -0.15) is 0 Å². The van der Waals surface area contributed by atoms with Crippen LogP contribution in [0, 0.1) is 5.82 Å². The second-order valence-electron chi connectivity index (χ2n) is 5.94. The van der Waals surface area contributed by atoms with E-state index in [1.54, 1.807) is 0 Å². The third-order valence-electron chi connectivity index (χ3n) is 3.83. The van der Waals surface area contributed by atoms with Crippen LogP contribution in [0.4, 0.5) is 4.39 Å². The topological polar surface area (TPSA) is 122 Å². The zero-order chi connectivity index (χ0) is 19.9. The van der Waals surface area contributed by atoms with Crippen LogP contribution in [0.3, 0.4) is 0 Å². The van der Waals surface area contributed by atoms with Crippen LogP contribution in [0.15, 0.2) is 59.5 Å². The van der Waals surface area contributed by atoms with Crippen molar-refractivity contribution in [2.45, 2.75) is 23.5 Å². The molecule has 2 rings (SSSR count). The monoisotopic (exact) mass is 395 g/mol. The first kappa shape index (κ1) is 21.0. The van der Waals surface area contributed by atoms with Crippen LogP contribution in [0.5, 0.6) is 0 Å². The van der Waals surface area contributed by atoms with Crippen molar-refractivity contribution in [2.75, 3.05) is 13.1 Å². The molecule has 5 N–H and O–H groups in total. The molecule has 0 saturated heterocycles. The van der Waals surface area contributed by atoms with Gasteiger partial charge in [-0.15, -0.1) is 0 Å². The fourth-order valence-corrected chi connectivity index (χ4v) is 3.40. The van der Waals surface area contributed by atoms with Gasteiger partial charge < -0.3 is 16.2 Å². The van der Waals surface area contributed by atoms with Crippen LogP contribution in [-0.2, 0) is 21.2 Å². The van der Waals surface area contributed by atoms with Crippen LogP contribution in [0.1, 0.15) is 5.56 Å². The SMILES string of the molecule is N[C@@H](Cc1ccccc1)[C@@H](O)C(=O)NCCNS(=O)(=O)c1ccc(F)cc1. The van der Waals surface area contributed by atoms with Crippen molar-refractivity contribution in [1.29, 1.82) is 0 Å². The molecule has 0 aliphatic heterocycles. The summed E-state index contributed by atoms with van der Waals surface area (Å²) in [5, 5.41) is 12.4. The van der Waals surface area contributed by atoms with Gasteiger partial charge in [0.05, 0.1) is 4.90 Å². The van der Waals surface area contributed by atoms with Gasteiger partial charge in [0.1, 0.15) is 11.9 Å². The third kappa shape index (κ3) is 6.40. The van der Waals surface area contributed by atoms with Crippen LogP contribution in [0.2, 0.25) is 0 Å². The number of sulfonamides is 1. The van der Waals surface area contributed by atoms with Crippen molar-refractivity contribution in [3.05, 3.63) is 66.0 Å². The molecule has 0 radical (unpaired) electrons. The maximum Gasteiger partial charge on any atom is 0.250 e. The fraction of sp³-hybridized carbons (Fsp3) is 0.278. The minimum absolute atomic E-state index is 0.0334. The summed E-state index contributed by atoms with van der Waals surface area (Å²) >= 11 is 0. The van der Waals surface area contributed by atoms with E-state index >= 15 is 0 Å². The maximum atomic E-state index is 12.9. The molecule has 0 aliphatic rings. The molecule has 27 heavy (non-hydrogen) atoms. The van der Waals surface area contributed by atoms with Gasteiger partial charge >= 0.3 is 0 Å². The number of carbonyl (C=O) groups excluding carboxylic acids is 1. The highest BCUT2D eigenvalue weighted by Gasteiger charge is 2.23. The Kier molecular flexibility index (Phi) is 7.43. The number of nitrogens with two attached hydrogens (primary N) is 1. The number of benzene rings is 2. The molecule has 0 spiro atoms. The lowest BCUT2D eigenvalue weighted by Gasteiger charge is -2.18. The Hall–Kier alpha value is -2.33. The molecule has 9 heteroatoms. The molecule has 0 saturated carbocycles. The number of rotatable bonds is 9. The minimum Gasteiger partial charge on any atom is -0.382 e. The summed E-state index contributed by atoms with van der Waals surface area (Å²) in [6, 6.07) is 12.8. The average Bonchev–Trinajstić information content (AvgIpc) is 2.65. The quantitative estimate of drug-likeness (QED) is 0.451. The molecule has 7 nitrogen and oxygen atoms in total. The highest BCUT2D eigenvalue weighted by Crippen LogP contribution is 2.09. The van der Waals surface area contributed by atoms with E-state index in [-0.39, 0.29) is 18.0 Å². The fourth-order valence-electron chi connectivity index (χ4n) is 2.37. The highest BCUT2D eigenvalue weighted by atomic mass is 32.2. The number of hydrogen-bond donors (Lipinski definition) is 4. The van der Waals surface area contributed by atoms with Gasteiger partial charge in [0.25, 0.3) is 5.91 Å². The highest BCUT2D eigenvalue weighted by molar-refractivity contribution is 7.89.